The lowest BCUT2D eigenvalue weighted by molar-refractivity contribution is -0.121. The fourth-order valence-electron chi connectivity index (χ4n) is 7.87. The molecule has 2 saturated carbocycles. The van der Waals surface area contributed by atoms with Gasteiger partial charge in [-0.2, -0.15) is 0 Å². The molecule has 1 heterocycles. The van der Waals surface area contributed by atoms with Crippen LogP contribution < -0.4 is 10.6 Å². The smallest absolute Gasteiger partial charge is 0.315 e. The summed E-state index contributed by atoms with van der Waals surface area (Å²) in [5.41, 5.74) is 3.11. The lowest BCUT2D eigenvalue weighted by atomic mass is 9.78. The van der Waals surface area contributed by atoms with Gasteiger partial charge in [-0.25, -0.2) is 13.6 Å². The quantitative estimate of drug-likeness (QED) is 0.132. The third-order valence-electron chi connectivity index (χ3n) is 11.7. The van der Waals surface area contributed by atoms with E-state index in [2.05, 4.69) is 97.2 Å². The van der Waals surface area contributed by atoms with Gasteiger partial charge in [0.15, 0.2) is 5.78 Å². The van der Waals surface area contributed by atoms with Crippen LogP contribution in [0.3, 0.4) is 0 Å². The Hall–Kier alpha value is -2.44. The minimum Gasteiger partial charge on any atom is -0.365 e. The van der Waals surface area contributed by atoms with Gasteiger partial charge in [0, 0.05) is 37.2 Å². The van der Waals surface area contributed by atoms with Gasteiger partial charge in [0.2, 0.25) is 5.92 Å². The molecular weight excluding hydrogens is 628 g/mol. The van der Waals surface area contributed by atoms with Crippen molar-refractivity contribution in [2.24, 2.45) is 34.0 Å². The Morgan fingerprint density at radius 3 is 1.94 bits per heavy atom. The van der Waals surface area contributed by atoms with E-state index in [1.807, 2.05) is 19.9 Å². The molecule has 1 aliphatic heterocycles. The van der Waals surface area contributed by atoms with E-state index in [-0.39, 0.29) is 58.5 Å². The maximum Gasteiger partial charge on any atom is 0.315 e. The second-order valence-electron chi connectivity index (χ2n) is 17.7. The van der Waals surface area contributed by atoms with Gasteiger partial charge in [0.25, 0.3) is 0 Å². The molecule has 0 spiro atoms. The molecule has 5 nitrogen and oxygen atoms in total. The lowest BCUT2D eigenvalue weighted by Crippen LogP contribution is -2.54. The molecule has 6 atom stereocenters. The minimum atomic E-state index is -2.57. The van der Waals surface area contributed by atoms with Crippen LogP contribution >= 0.6 is 0 Å². The van der Waals surface area contributed by atoms with Gasteiger partial charge in [-0.1, -0.05) is 119 Å². The summed E-state index contributed by atoms with van der Waals surface area (Å²) in [4.78, 5) is 28.0. The van der Waals surface area contributed by atoms with Crippen LogP contribution in [-0.4, -0.2) is 47.3 Å². The number of nitrogens with one attached hydrogen (secondary N) is 2. The van der Waals surface area contributed by atoms with Crippen LogP contribution in [0.4, 0.5) is 13.6 Å². The van der Waals surface area contributed by atoms with Crippen molar-refractivity contribution in [2.75, 3.05) is 6.54 Å². The first-order valence-corrected chi connectivity index (χ1v) is 19.2. The topological polar surface area (TPSA) is 61.4 Å². The van der Waals surface area contributed by atoms with E-state index >= 15 is 0 Å². The second-order valence-corrected chi connectivity index (χ2v) is 17.7. The lowest BCUT2D eigenvalue weighted by Gasteiger charge is -2.40. The maximum absolute atomic E-state index is 13.2. The van der Waals surface area contributed by atoms with Crippen LogP contribution in [-0.2, 0) is 4.79 Å². The van der Waals surface area contributed by atoms with Crippen molar-refractivity contribution >= 4 is 11.8 Å². The zero-order valence-electron chi connectivity index (χ0n) is 34.2. The number of urea groups is 1. The molecule has 1 saturated heterocycles. The highest BCUT2D eigenvalue weighted by molar-refractivity contribution is 5.83. The standard InChI is InChI=1S/C28H49N3O2.C11H18F2.C4H8/c1-10-13-21(26(4,5)6)29-25(33)30-22(28(9)14-11-12-15-28)16-18(2)31-17-20-23(27(20,7)8)24(31)19(3)32;1-8(2)10(4)9(3)6-7-11(5,12)13;1-3-4-2/h20-24H,2,10-17H2,1,3-9H3,(H2,29,30,33);9H,1,4,6-7H2,2-3,5H3;3H,1,4H2,2H3/t20-,21?,22?,23-,24?;;/m0../s1. The third-order valence-corrected chi connectivity index (χ3v) is 11.7. The minimum absolute atomic E-state index is 0.0157. The Morgan fingerprint density at radius 1 is 0.980 bits per heavy atom. The summed E-state index contributed by atoms with van der Waals surface area (Å²) in [5, 5.41) is 6.65. The van der Waals surface area contributed by atoms with Crippen LogP contribution in [0.5, 0.6) is 0 Å². The molecule has 3 fully saturated rings. The first kappa shape index (κ1) is 45.6. The Kier molecular flexibility index (Phi) is 17.2. The Labute approximate surface area is 306 Å². The van der Waals surface area contributed by atoms with Crippen LogP contribution in [0, 0.1) is 34.0 Å². The summed E-state index contributed by atoms with van der Waals surface area (Å²) in [7, 11) is 0. The third kappa shape index (κ3) is 13.3. The zero-order valence-corrected chi connectivity index (χ0v) is 34.2. The molecule has 7 heteroatoms. The van der Waals surface area contributed by atoms with Crippen molar-refractivity contribution in [3.8, 4) is 0 Å². The molecule has 2 N–H and O–H groups in total. The van der Waals surface area contributed by atoms with Gasteiger partial charge in [-0.05, 0) is 86.9 Å². The van der Waals surface area contributed by atoms with Gasteiger partial charge in [0.1, 0.15) is 0 Å². The summed E-state index contributed by atoms with van der Waals surface area (Å²) in [6.07, 6.45) is 10.7. The predicted octanol–water partition coefficient (Wildman–Crippen LogP) is 11.7. The molecule has 0 radical (unpaired) electrons. The summed E-state index contributed by atoms with van der Waals surface area (Å²) in [6.45, 7) is 40.5. The molecule has 4 unspecified atom stereocenters. The predicted molar refractivity (Wildman–Crippen MR) is 209 cm³/mol. The molecule has 0 aromatic rings. The number of likely N-dealkylation sites (tertiary alicyclic amines) is 1. The highest BCUT2D eigenvalue weighted by Crippen LogP contribution is 2.65. The summed E-state index contributed by atoms with van der Waals surface area (Å²) in [5.74, 6) is -1.21. The number of allylic oxidation sites excluding steroid dienone is 3. The molecule has 2 aliphatic carbocycles. The van der Waals surface area contributed by atoms with E-state index < -0.39 is 5.92 Å². The maximum atomic E-state index is 13.2. The monoisotopic (exact) mass is 704 g/mol. The normalized spacial score (nSPS) is 23.4. The highest BCUT2D eigenvalue weighted by Gasteiger charge is 2.68. The van der Waals surface area contributed by atoms with Gasteiger partial charge in [0.05, 0.1) is 6.04 Å². The fourth-order valence-corrected chi connectivity index (χ4v) is 7.87. The van der Waals surface area contributed by atoms with Crippen LogP contribution in [0.25, 0.3) is 0 Å². The number of hydrogen-bond donors (Lipinski definition) is 2. The molecule has 0 aromatic heterocycles. The molecule has 0 aromatic carbocycles. The van der Waals surface area contributed by atoms with Crippen molar-refractivity contribution < 1.29 is 18.4 Å². The number of halogens is 2. The van der Waals surface area contributed by atoms with E-state index in [1.54, 1.807) is 6.92 Å². The van der Waals surface area contributed by atoms with Crippen molar-refractivity contribution in [1.82, 2.24) is 15.5 Å². The number of piperidine rings is 1. The Bertz CT molecular complexity index is 1170. The van der Waals surface area contributed by atoms with Gasteiger partial charge in [-0.15, -0.1) is 6.58 Å². The average molecular weight is 704 g/mol. The molecule has 0 bridgehead atoms. The number of Topliss-reactive ketones (excluding diaryl/α,β-unsaturated/α-hetero) is 1. The van der Waals surface area contributed by atoms with Crippen molar-refractivity contribution in [1.29, 1.82) is 0 Å². The van der Waals surface area contributed by atoms with Crippen molar-refractivity contribution in [2.45, 2.75) is 171 Å². The highest BCUT2D eigenvalue weighted by atomic mass is 19.3. The van der Waals surface area contributed by atoms with Gasteiger partial charge in [-0.3, -0.25) is 4.79 Å². The van der Waals surface area contributed by atoms with Gasteiger partial charge < -0.3 is 15.5 Å². The van der Waals surface area contributed by atoms with E-state index in [1.165, 1.54) is 12.8 Å². The second kappa shape index (κ2) is 18.9. The molecule has 2 amide bonds. The fraction of sp³-hybridized carbons (Fsp3) is 0.767. The molecule has 288 valence electrons. The Morgan fingerprint density at radius 2 is 1.52 bits per heavy atom. The number of fused-ring (bicyclic) bond motifs is 1. The number of amides is 2. The summed E-state index contributed by atoms with van der Waals surface area (Å²) < 4.78 is 25.0. The number of carbonyl (C=O) groups is 2. The van der Waals surface area contributed by atoms with E-state index in [0.29, 0.717) is 24.7 Å². The van der Waals surface area contributed by atoms with E-state index in [0.717, 1.165) is 62.4 Å². The van der Waals surface area contributed by atoms with Crippen molar-refractivity contribution in [3.63, 3.8) is 0 Å². The number of rotatable bonds is 15. The number of carbonyl (C=O) groups excluding carboxylic acids is 2. The average Bonchev–Trinajstić information content (AvgIpc) is 3.39. The largest absolute Gasteiger partial charge is 0.365 e. The summed E-state index contributed by atoms with van der Waals surface area (Å²) >= 11 is 0. The van der Waals surface area contributed by atoms with Crippen LogP contribution in [0.15, 0.2) is 49.2 Å². The van der Waals surface area contributed by atoms with Crippen LogP contribution in [0.2, 0.25) is 0 Å². The molecule has 3 aliphatic rings. The first-order chi connectivity index (χ1) is 22.9. The van der Waals surface area contributed by atoms with Gasteiger partial charge >= 0.3 is 6.03 Å². The number of nitrogens with zero attached hydrogens (tertiary/aromatic N) is 1. The zero-order chi connectivity index (χ0) is 38.8. The van der Waals surface area contributed by atoms with Crippen LogP contribution in [0.1, 0.15) is 147 Å². The van der Waals surface area contributed by atoms with Crippen molar-refractivity contribution in [3.05, 3.63) is 49.2 Å². The SMILES string of the molecule is C=C(C)C(=C)C(C)CCC(C)(F)F.C=C(CC(NC(=O)NC(CCC)C(C)(C)C)C1(C)CCCC1)N1C[C@H]2[C@@H](C1C(C)=O)C2(C)C.C=CCC. The van der Waals surface area contributed by atoms with E-state index in [4.69, 9.17) is 0 Å². The molecular formula is C43H75F2N3O2. The van der Waals surface area contributed by atoms with E-state index in [9.17, 15) is 18.4 Å². The number of alkyl halides is 2. The first-order valence-electron chi connectivity index (χ1n) is 19.2. The summed E-state index contributed by atoms with van der Waals surface area (Å²) in [6, 6.07) is 0.0334. The molecule has 50 heavy (non-hydrogen) atoms. The molecule has 3 rings (SSSR count). The number of ketones is 1. The Balaban J connectivity index is 0.000000612. The number of hydrogen-bond acceptors (Lipinski definition) is 3.